The Hall–Kier alpha value is -2.98. The quantitative estimate of drug-likeness (QED) is 0.541. The van der Waals surface area contributed by atoms with Crippen LogP contribution in [0.15, 0.2) is 48.5 Å². The van der Waals surface area contributed by atoms with Crippen LogP contribution in [0.1, 0.15) is 59.2 Å². The molecule has 6 nitrogen and oxygen atoms in total. The minimum atomic E-state index is -0.896. The van der Waals surface area contributed by atoms with E-state index < -0.39 is 24.3 Å². The van der Waals surface area contributed by atoms with Crippen molar-refractivity contribution in [3.8, 4) is 11.8 Å². The molecule has 0 saturated heterocycles. The second-order valence-electron chi connectivity index (χ2n) is 8.62. The SMILES string of the molecule is CN(Cc1ccc(C#Cc2ccc(C(=O)N[C@@H](CN)C(=O)CO)cc2)cc1)C1CCCCC1. The molecule has 3 rings (SSSR count). The summed E-state index contributed by atoms with van der Waals surface area (Å²) in [6.45, 7) is 0.232. The number of rotatable bonds is 8. The topological polar surface area (TPSA) is 95.7 Å². The molecule has 0 heterocycles. The van der Waals surface area contributed by atoms with E-state index in [0.29, 0.717) is 11.6 Å². The number of Topliss-reactive ketones (excluding diaryl/α,β-unsaturated/α-hetero) is 1. The number of benzene rings is 2. The second kappa shape index (κ2) is 12.3. The molecule has 0 aromatic heterocycles. The number of aliphatic hydroxyl groups is 1. The van der Waals surface area contributed by atoms with E-state index in [1.807, 2.05) is 12.1 Å². The minimum Gasteiger partial charge on any atom is -0.388 e. The number of aliphatic hydroxyl groups excluding tert-OH is 1. The number of nitrogens with two attached hydrogens (primary N) is 1. The standard InChI is InChI=1S/C27H33N3O3/c1-30(24-5-3-2-4-6-24)18-22-11-9-20(10-12-22)7-8-21-13-15-23(16-14-21)27(33)29-25(17-28)26(32)19-31/h9-16,24-25,31H,2-6,17-19,28H2,1H3,(H,29,33)/t25-/m0/s1. The summed E-state index contributed by atoms with van der Waals surface area (Å²) in [5, 5.41) is 11.5. The molecule has 0 aliphatic heterocycles. The van der Waals surface area contributed by atoms with Gasteiger partial charge >= 0.3 is 0 Å². The maximum Gasteiger partial charge on any atom is 0.251 e. The van der Waals surface area contributed by atoms with Crippen molar-refractivity contribution in [1.82, 2.24) is 10.2 Å². The summed E-state index contributed by atoms with van der Waals surface area (Å²) >= 11 is 0. The summed E-state index contributed by atoms with van der Waals surface area (Å²) in [6, 6.07) is 15.0. The highest BCUT2D eigenvalue weighted by Crippen LogP contribution is 2.22. The van der Waals surface area contributed by atoms with Gasteiger partial charge in [0, 0.05) is 35.8 Å². The molecule has 0 bridgehead atoms. The molecule has 0 radical (unpaired) electrons. The summed E-state index contributed by atoms with van der Waals surface area (Å²) in [7, 11) is 2.22. The molecule has 1 amide bonds. The summed E-state index contributed by atoms with van der Waals surface area (Å²) in [5.41, 5.74) is 8.91. The maximum absolute atomic E-state index is 12.3. The van der Waals surface area contributed by atoms with E-state index in [9.17, 15) is 9.59 Å². The highest BCUT2D eigenvalue weighted by Gasteiger charge is 2.19. The summed E-state index contributed by atoms with van der Waals surface area (Å²) in [4.78, 5) is 26.3. The number of amides is 1. The molecular weight excluding hydrogens is 414 g/mol. The lowest BCUT2D eigenvalue weighted by Gasteiger charge is -2.31. The van der Waals surface area contributed by atoms with E-state index >= 15 is 0 Å². The Labute approximate surface area is 196 Å². The van der Waals surface area contributed by atoms with E-state index in [1.54, 1.807) is 24.3 Å². The van der Waals surface area contributed by atoms with Gasteiger partial charge in [0.25, 0.3) is 5.91 Å². The number of nitrogens with zero attached hydrogens (tertiary/aromatic N) is 1. The van der Waals surface area contributed by atoms with E-state index in [0.717, 1.165) is 17.7 Å². The summed E-state index contributed by atoms with van der Waals surface area (Å²) < 4.78 is 0. The summed E-state index contributed by atoms with van der Waals surface area (Å²) in [5.74, 6) is 5.35. The van der Waals surface area contributed by atoms with Crippen LogP contribution in [0.2, 0.25) is 0 Å². The zero-order valence-electron chi connectivity index (χ0n) is 19.2. The number of carbonyl (C=O) groups excluding carboxylic acids is 2. The number of carbonyl (C=O) groups is 2. The van der Waals surface area contributed by atoms with Gasteiger partial charge in [-0.15, -0.1) is 0 Å². The van der Waals surface area contributed by atoms with Crippen LogP contribution >= 0.6 is 0 Å². The van der Waals surface area contributed by atoms with Gasteiger partial charge in [-0.1, -0.05) is 43.2 Å². The largest absolute Gasteiger partial charge is 0.388 e. The molecule has 2 aromatic carbocycles. The predicted molar refractivity (Wildman–Crippen MR) is 130 cm³/mol. The molecular formula is C27H33N3O3. The summed E-state index contributed by atoms with van der Waals surface area (Å²) in [6.07, 6.45) is 6.65. The normalized spacial score (nSPS) is 14.9. The van der Waals surface area contributed by atoms with Gasteiger partial charge in [0.15, 0.2) is 5.78 Å². The van der Waals surface area contributed by atoms with Crippen molar-refractivity contribution in [2.45, 2.75) is 50.7 Å². The smallest absolute Gasteiger partial charge is 0.251 e. The van der Waals surface area contributed by atoms with Gasteiger partial charge in [-0.3, -0.25) is 14.5 Å². The fraction of sp³-hybridized carbons (Fsp3) is 0.407. The van der Waals surface area contributed by atoms with Crippen LogP contribution in [0, 0.1) is 11.8 Å². The molecule has 1 aliphatic rings. The molecule has 6 heteroatoms. The van der Waals surface area contributed by atoms with Gasteiger partial charge < -0.3 is 16.2 Å². The molecule has 4 N–H and O–H groups in total. The number of ketones is 1. The van der Waals surface area contributed by atoms with Gasteiger partial charge in [-0.25, -0.2) is 0 Å². The van der Waals surface area contributed by atoms with Crippen molar-refractivity contribution in [2.75, 3.05) is 20.2 Å². The van der Waals surface area contributed by atoms with Crippen molar-refractivity contribution >= 4 is 11.7 Å². The van der Waals surface area contributed by atoms with Crippen LogP contribution in [-0.2, 0) is 11.3 Å². The lowest BCUT2D eigenvalue weighted by molar-refractivity contribution is -0.123. The van der Waals surface area contributed by atoms with Crippen molar-refractivity contribution < 1.29 is 14.7 Å². The lowest BCUT2D eigenvalue weighted by Crippen LogP contribution is -2.46. The highest BCUT2D eigenvalue weighted by molar-refractivity contribution is 5.98. The Kier molecular flexibility index (Phi) is 9.20. The van der Waals surface area contributed by atoms with Crippen LogP contribution in [-0.4, -0.2) is 54.0 Å². The van der Waals surface area contributed by atoms with Gasteiger partial charge in [0.2, 0.25) is 0 Å². The van der Waals surface area contributed by atoms with Crippen molar-refractivity contribution in [3.05, 3.63) is 70.8 Å². The monoisotopic (exact) mass is 447 g/mol. The molecule has 2 aromatic rings. The number of hydrogen-bond donors (Lipinski definition) is 3. The number of nitrogens with one attached hydrogen (secondary N) is 1. The first kappa shape index (κ1) is 24.7. The third kappa shape index (κ3) is 7.26. The van der Waals surface area contributed by atoms with E-state index in [1.165, 1.54) is 37.7 Å². The average Bonchev–Trinajstić information content (AvgIpc) is 2.87. The molecule has 1 aliphatic carbocycles. The third-order valence-corrected chi connectivity index (χ3v) is 6.17. The number of hydrogen-bond acceptors (Lipinski definition) is 5. The van der Waals surface area contributed by atoms with Crippen LogP contribution in [0.5, 0.6) is 0 Å². The van der Waals surface area contributed by atoms with Crippen molar-refractivity contribution in [3.63, 3.8) is 0 Å². The molecule has 0 unspecified atom stereocenters. The first-order valence-corrected chi connectivity index (χ1v) is 11.6. The Balaban J connectivity index is 1.56. The lowest BCUT2D eigenvalue weighted by atomic mass is 9.94. The van der Waals surface area contributed by atoms with Crippen molar-refractivity contribution in [2.24, 2.45) is 5.73 Å². The maximum atomic E-state index is 12.3. The Morgan fingerprint density at radius 1 is 1.03 bits per heavy atom. The van der Waals surface area contributed by atoms with Gasteiger partial charge in [0.1, 0.15) is 12.6 Å². The molecule has 174 valence electrons. The fourth-order valence-electron chi connectivity index (χ4n) is 4.10. The first-order chi connectivity index (χ1) is 16.0. The van der Waals surface area contributed by atoms with Crippen LogP contribution < -0.4 is 11.1 Å². The molecule has 1 saturated carbocycles. The zero-order chi connectivity index (χ0) is 23.6. The fourth-order valence-corrected chi connectivity index (χ4v) is 4.10. The predicted octanol–water partition coefficient (Wildman–Crippen LogP) is 2.47. The van der Waals surface area contributed by atoms with Gasteiger partial charge in [0.05, 0.1) is 0 Å². The Bertz CT molecular complexity index is 984. The van der Waals surface area contributed by atoms with Gasteiger partial charge in [-0.2, -0.15) is 0 Å². The highest BCUT2D eigenvalue weighted by atomic mass is 16.3. The van der Waals surface area contributed by atoms with Crippen LogP contribution in [0.4, 0.5) is 0 Å². The first-order valence-electron chi connectivity index (χ1n) is 11.6. The minimum absolute atomic E-state index is 0.0651. The van der Waals surface area contributed by atoms with E-state index in [2.05, 4.69) is 41.2 Å². The second-order valence-corrected chi connectivity index (χ2v) is 8.62. The van der Waals surface area contributed by atoms with Crippen molar-refractivity contribution in [1.29, 1.82) is 0 Å². The van der Waals surface area contributed by atoms with Crippen LogP contribution in [0.3, 0.4) is 0 Å². The average molecular weight is 448 g/mol. The zero-order valence-corrected chi connectivity index (χ0v) is 19.2. The molecule has 1 fully saturated rings. The van der Waals surface area contributed by atoms with Gasteiger partial charge in [-0.05, 0) is 61.9 Å². The molecule has 1 atom stereocenters. The third-order valence-electron chi connectivity index (χ3n) is 6.17. The molecule has 0 spiro atoms. The Morgan fingerprint density at radius 2 is 1.61 bits per heavy atom. The Morgan fingerprint density at radius 3 is 2.15 bits per heavy atom. The van der Waals surface area contributed by atoms with E-state index in [4.69, 9.17) is 10.8 Å². The van der Waals surface area contributed by atoms with E-state index in [-0.39, 0.29) is 6.54 Å². The molecule has 33 heavy (non-hydrogen) atoms. The van der Waals surface area contributed by atoms with Crippen LogP contribution in [0.25, 0.3) is 0 Å².